The van der Waals surface area contributed by atoms with E-state index in [4.69, 9.17) is 14.6 Å². The summed E-state index contributed by atoms with van der Waals surface area (Å²) in [6.07, 6.45) is 5.62. The van der Waals surface area contributed by atoms with Crippen LogP contribution in [0.2, 0.25) is 0 Å². The number of benzene rings is 1. The molecule has 4 rings (SSSR count). The number of nitrogens with two attached hydrogens (primary N) is 1. The molecule has 116 valence electrons. The first-order valence-electron chi connectivity index (χ1n) is 7.91. The molecule has 0 amide bonds. The molecule has 3 aromatic rings. The SMILES string of the molecule is Cc1cc2c(C3(N)CCCCC3)c3oc(C)cc3c(Br)c2o1. The average Bonchev–Trinajstić information content (AvgIpc) is 3.02. The van der Waals surface area contributed by atoms with Crippen molar-refractivity contribution in [2.75, 3.05) is 0 Å². The lowest BCUT2D eigenvalue weighted by molar-refractivity contribution is 0.304. The topological polar surface area (TPSA) is 52.3 Å². The summed E-state index contributed by atoms with van der Waals surface area (Å²) >= 11 is 3.69. The van der Waals surface area contributed by atoms with Gasteiger partial charge in [-0.15, -0.1) is 0 Å². The van der Waals surface area contributed by atoms with E-state index in [1.165, 1.54) is 19.3 Å². The van der Waals surface area contributed by atoms with E-state index in [-0.39, 0.29) is 5.54 Å². The lowest BCUT2D eigenvalue weighted by atomic mass is 9.76. The van der Waals surface area contributed by atoms with Gasteiger partial charge in [0.2, 0.25) is 0 Å². The van der Waals surface area contributed by atoms with Gasteiger partial charge < -0.3 is 14.6 Å². The standard InChI is InChI=1S/C18H20BrNO2/c1-10-8-12-14(18(20)6-4-3-5-7-18)16-13(9-11(2)21-16)15(19)17(12)22-10/h8-9H,3-7,20H2,1-2H3. The summed E-state index contributed by atoms with van der Waals surface area (Å²) in [5.41, 5.74) is 9.47. The second-order valence-corrected chi connectivity index (χ2v) is 7.40. The van der Waals surface area contributed by atoms with Crippen LogP contribution in [-0.2, 0) is 5.54 Å². The van der Waals surface area contributed by atoms with Gasteiger partial charge in [0.25, 0.3) is 0 Å². The van der Waals surface area contributed by atoms with Crippen molar-refractivity contribution in [3.63, 3.8) is 0 Å². The number of halogens is 1. The Kier molecular flexibility index (Phi) is 3.17. The number of fused-ring (bicyclic) bond motifs is 2. The minimum absolute atomic E-state index is 0.323. The highest BCUT2D eigenvalue weighted by Crippen LogP contribution is 2.46. The Bertz CT molecular complexity index is 811. The van der Waals surface area contributed by atoms with Crippen molar-refractivity contribution in [2.45, 2.75) is 51.5 Å². The molecule has 1 aliphatic rings. The van der Waals surface area contributed by atoms with Gasteiger partial charge in [-0.2, -0.15) is 0 Å². The molecule has 2 heterocycles. The van der Waals surface area contributed by atoms with Crippen LogP contribution in [0, 0.1) is 13.8 Å². The first kappa shape index (κ1) is 14.3. The van der Waals surface area contributed by atoms with Gasteiger partial charge in [-0.3, -0.25) is 0 Å². The highest BCUT2D eigenvalue weighted by molar-refractivity contribution is 9.10. The molecule has 2 N–H and O–H groups in total. The van der Waals surface area contributed by atoms with Crippen LogP contribution in [0.25, 0.3) is 21.9 Å². The van der Waals surface area contributed by atoms with Crippen molar-refractivity contribution in [3.8, 4) is 0 Å². The van der Waals surface area contributed by atoms with Gasteiger partial charge in [-0.1, -0.05) is 19.3 Å². The van der Waals surface area contributed by atoms with Gasteiger partial charge in [0, 0.05) is 21.9 Å². The minimum Gasteiger partial charge on any atom is -0.461 e. The molecule has 1 aliphatic carbocycles. The van der Waals surface area contributed by atoms with E-state index in [9.17, 15) is 0 Å². The molecule has 0 saturated heterocycles. The van der Waals surface area contributed by atoms with Gasteiger partial charge in [0.1, 0.15) is 22.7 Å². The summed E-state index contributed by atoms with van der Waals surface area (Å²) in [7, 11) is 0. The molecule has 1 aromatic carbocycles. The maximum absolute atomic E-state index is 6.86. The number of furan rings is 2. The molecule has 3 nitrogen and oxygen atoms in total. The molecular weight excluding hydrogens is 342 g/mol. The highest BCUT2D eigenvalue weighted by Gasteiger charge is 2.35. The van der Waals surface area contributed by atoms with Crippen molar-refractivity contribution in [3.05, 3.63) is 33.7 Å². The first-order chi connectivity index (χ1) is 10.5. The van der Waals surface area contributed by atoms with Crippen molar-refractivity contribution in [2.24, 2.45) is 5.73 Å². The third kappa shape index (κ3) is 1.97. The second kappa shape index (κ2) is 4.87. The van der Waals surface area contributed by atoms with Crippen molar-refractivity contribution < 1.29 is 8.83 Å². The molecule has 4 heteroatoms. The summed E-state index contributed by atoms with van der Waals surface area (Å²) in [5.74, 6) is 1.81. The predicted molar refractivity (Wildman–Crippen MR) is 92.1 cm³/mol. The lowest BCUT2D eigenvalue weighted by Crippen LogP contribution is -2.38. The van der Waals surface area contributed by atoms with Crippen molar-refractivity contribution >= 4 is 37.9 Å². The van der Waals surface area contributed by atoms with Crippen LogP contribution in [0.5, 0.6) is 0 Å². The molecule has 22 heavy (non-hydrogen) atoms. The molecule has 0 unspecified atom stereocenters. The van der Waals surface area contributed by atoms with Crippen LogP contribution in [0.15, 0.2) is 25.4 Å². The fourth-order valence-electron chi connectivity index (χ4n) is 3.90. The van der Waals surface area contributed by atoms with E-state index >= 15 is 0 Å². The van der Waals surface area contributed by atoms with E-state index in [1.807, 2.05) is 13.8 Å². The quantitative estimate of drug-likeness (QED) is 0.606. The zero-order chi connectivity index (χ0) is 15.5. The van der Waals surface area contributed by atoms with Crippen LogP contribution >= 0.6 is 15.9 Å². The van der Waals surface area contributed by atoms with Crippen molar-refractivity contribution in [1.82, 2.24) is 0 Å². The summed E-state index contributed by atoms with van der Waals surface area (Å²) in [6, 6.07) is 4.16. The average molecular weight is 362 g/mol. The Morgan fingerprint density at radius 1 is 0.955 bits per heavy atom. The molecular formula is C18H20BrNO2. The zero-order valence-electron chi connectivity index (χ0n) is 13.0. The molecule has 0 bridgehead atoms. The van der Waals surface area contributed by atoms with Gasteiger partial charge in [-0.25, -0.2) is 0 Å². The first-order valence-corrected chi connectivity index (χ1v) is 8.70. The third-order valence-corrected chi connectivity index (χ3v) is 5.67. The van der Waals surface area contributed by atoms with E-state index in [0.717, 1.165) is 56.3 Å². The predicted octanol–water partition coefficient (Wildman–Crippen LogP) is 5.68. The molecule has 0 atom stereocenters. The normalized spacial score (nSPS) is 18.4. The van der Waals surface area contributed by atoms with Crippen molar-refractivity contribution in [1.29, 1.82) is 0 Å². The van der Waals surface area contributed by atoms with E-state index < -0.39 is 0 Å². The Hall–Kier alpha value is -1.26. The van der Waals surface area contributed by atoms with E-state index in [2.05, 4.69) is 28.1 Å². The molecule has 0 spiro atoms. The Morgan fingerprint density at radius 2 is 1.55 bits per heavy atom. The molecule has 1 saturated carbocycles. The largest absolute Gasteiger partial charge is 0.461 e. The second-order valence-electron chi connectivity index (χ2n) is 6.61. The van der Waals surface area contributed by atoms with Gasteiger partial charge in [0.15, 0.2) is 0 Å². The molecule has 0 aliphatic heterocycles. The Morgan fingerprint density at radius 3 is 2.23 bits per heavy atom. The van der Waals surface area contributed by atoms with Crippen LogP contribution in [0.1, 0.15) is 49.2 Å². The highest BCUT2D eigenvalue weighted by atomic mass is 79.9. The van der Waals surface area contributed by atoms with Crippen LogP contribution in [-0.4, -0.2) is 0 Å². The summed E-state index contributed by atoms with van der Waals surface area (Å²) in [6.45, 7) is 3.96. The monoisotopic (exact) mass is 361 g/mol. The van der Waals surface area contributed by atoms with Crippen LogP contribution < -0.4 is 5.73 Å². The smallest absolute Gasteiger partial charge is 0.149 e. The lowest BCUT2D eigenvalue weighted by Gasteiger charge is -2.34. The van der Waals surface area contributed by atoms with Gasteiger partial charge >= 0.3 is 0 Å². The van der Waals surface area contributed by atoms with Gasteiger partial charge in [0.05, 0.1) is 4.47 Å². The summed E-state index contributed by atoms with van der Waals surface area (Å²) in [4.78, 5) is 0. The number of aryl methyl sites for hydroxylation is 2. The number of hydrogen-bond donors (Lipinski definition) is 1. The maximum atomic E-state index is 6.86. The van der Waals surface area contributed by atoms with Gasteiger partial charge in [-0.05, 0) is 54.8 Å². The maximum Gasteiger partial charge on any atom is 0.149 e. The van der Waals surface area contributed by atoms with E-state index in [1.54, 1.807) is 0 Å². The molecule has 2 aromatic heterocycles. The molecule has 1 fully saturated rings. The third-order valence-electron chi connectivity index (χ3n) is 4.89. The Balaban J connectivity index is 2.14. The zero-order valence-corrected chi connectivity index (χ0v) is 14.5. The number of rotatable bonds is 1. The van der Waals surface area contributed by atoms with Crippen LogP contribution in [0.4, 0.5) is 0 Å². The fourth-order valence-corrected chi connectivity index (χ4v) is 4.49. The van der Waals surface area contributed by atoms with Crippen LogP contribution in [0.3, 0.4) is 0 Å². The Labute approximate surface area is 138 Å². The summed E-state index contributed by atoms with van der Waals surface area (Å²) in [5, 5.41) is 2.15. The van der Waals surface area contributed by atoms with E-state index in [0.29, 0.717) is 0 Å². The fraction of sp³-hybridized carbons (Fsp3) is 0.444. The summed E-state index contributed by atoms with van der Waals surface area (Å²) < 4.78 is 13.0. The minimum atomic E-state index is -0.323. The molecule has 0 radical (unpaired) electrons. The number of hydrogen-bond acceptors (Lipinski definition) is 3.